The lowest BCUT2D eigenvalue weighted by atomic mass is 10.1. The van der Waals surface area contributed by atoms with E-state index >= 15 is 0 Å². The van der Waals surface area contributed by atoms with Crippen molar-refractivity contribution in [1.29, 1.82) is 0 Å². The summed E-state index contributed by atoms with van der Waals surface area (Å²) in [5, 5.41) is 14.1. The molecule has 0 fully saturated rings. The number of benzene rings is 1. The summed E-state index contributed by atoms with van der Waals surface area (Å²) in [6, 6.07) is 3.14. The van der Waals surface area contributed by atoms with Gasteiger partial charge in [-0.05, 0) is 31.6 Å². The van der Waals surface area contributed by atoms with Crippen LogP contribution < -0.4 is 11.1 Å². The summed E-state index contributed by atoms with van der Waals surface area (Å²) in [4.78, 5) is 12.7. The molecule has 6 nitrogen and oxygen atoms in total. The molecule has 0 amide bonds. The summed E-state index contributed by atoms with van der Waals surface area (Å²) >= 11 is 0. The number of aryl methyl sites for hydroxylation is 1. The van der Waals surface area contributed by atoms with Crippen LogP contribution in [0.5, 0.6) is 0 Å². The third-order valence-electron chi connectivity index (χ3n) is 3.21. The first-order valence-corrected chi connectivity index (χ1v) is 6.50. The lowest BCUT2D eigenvalue weighted by Gasteiger charge is -2.19. The van der Waals surface area contributed by atoms with Crippen LogP contribution in [0.15, 0.2) is 12.1 Å². The number of nitro benzene ring substituents is 1. The van der Waals surface area contributed by atoms with Crippen LogP contribution in [-0.2, 0) is 0 Å². The average Bonchev–Trinajstić information content (AvgIpc) is 2.36. The van der Waals surface area contributed by atoms with Gasteiger partial charge in [0, 0.05) is 24.8 Å². The summed E-state index contributed by atoms with van der Waals surface area (Å²) in [5.74, 6) is 0. The fraction of sp³-hybridized carbons (Fsp3) is 0.538. The molecule has 6 heteroatoms. The largest absolute Gasteiger partial charge is 0.393 e. The van der Waals surface area contributed by atoms with Gasteiger partial charge in [0.15, 0.2) is 0 Å². The molecule has 0 radical (unpaired) electrons. The Morgan fingerprint density at radius 2 is 2.00 bits per heavy atom. The number of likely N-dealkylation sites (N-methyl/N-ethyl adjacent to an activating group) is 1. The summed E-state index contributed by atoms with van der Waals surface area (Å²) in [7, 11) is 0. The van der Waals surface area contributed by atoms with Gasteiger partial charge >= 0.3 is 0 Å². The SMILES string of the molecule is CCN(CC)CCNc1cc([N+](=O)[O-])c(N)cc1C. The molecule has 19 heavy (non-hydrogen) atoms. The maximum atomic E-state index is 10.8. The van der Waals surface area contributed by atoms with Gasteiger partial charge < -0.3 is 16.0 Å². The zero-order valence-corrected chi connectivity index (χ0v) is 11.8. The average molecular weight is 266 g/mol. The van der Waals surface area contributed by atoms with E-state index < -0.39 is 4.92 Å². The van der Waals surface area contributed by atoms with Crippen LogP contribution in [0.1, 0.15) is 19.4 Å². The lowest BCUT2D eigenvalue weighted by Crippen LogP contribution is -2.28. The van der Waals surface area contributed by atoms with E-state index in [9.17, 15) is 10.1 Å². The van der Waals surface area contributed by atoms with Gasteiger partial charge in [0.05, 0.1) is 4.92 Å². The summed E-state index contributed by atoms with van der Waals surface area (Å²) in [6.07, 6.45) is 0. The number of hydrogen-bond donors (Lipinski definition) is 2. The van der Waals surface area contributed by atoms with Crippen molar-refractivity contribution in [3.05, 3.63) is 27.8 Å². The highest BCUT2D eigenvalue weighted by atomic mass is 16.6. The Bertz CT molecular complexity index is 445. The Balaban J connectivity index is 2.73. The number of nitrogens with two attached hydrogens (primary N) is 1. The molecule has 3 N–H and O–H groups in total. The highest BCUT2D eigenvalue weighted by molar-refractivity contribution is 5.69. The van der Waals surface area contributed by atoms with E-state index in [-0.39, 0.29) is 11.4 Å². The molecule has 0 aromatic heterocycles. The zero-order chi connectivity index (χ0) is 14.4. The minimum atomic E-state index is -0.454. The molecule has 0 saturated heterocycles. The molecule has 0 aliphatic rings. The molecular weight excluding hydrogens is 244 g/mol. The number of rotatable bonds is 7. The number of hydrogen-bond acceptors (Lipinski definition) is 5. The van der Waals surface area contributed by atoms with Crippen LogP contribution in [0.2, 0.25) is 0 Å². The van der Waals surface area contributed by atoms with Gasteiger partial charge in [-0.15, -0.1) is 0 Å². The van der Waals surface area contributed by atoms with E-state index in [4.69, 9.17) is 5.73 Å². The van der Waals surface area contributed by atoms with E-state index in [2.05, 4.69) is 24.1 Å². The van der Waals surface area contributed by atoms with Crippen molar-refractivity contribution in [2.24, 2.45) is 0 Å². The molecule has 0 spiro atoms. The van der Waals surface area contributed by atoms with Crippen molar-refractivity contribution in [3.63, 3.8) is 0 Å². The summed E-state index contributed by atoms with van der Waals surface area (Å²) in [5.41, 5.74) is 7.48. The number of nitrogens with zero attached hydrogens (tertiary/aromatic N) is 2. The Morgan fingerprint density at radius 1 is 1.37 bits per heavy atom. The molecule has 0 bridgehead atoms. The van der Waals surface area contributed by atoms with Gasteiger partial charge in [-0.3, -0.25) is 10.1 Å². The molecule has 0 aliphatic heterocycles. The van der Waals surface area contributed by atoms with Crippen molar-refractivity contribution in [1.82, 2.24) is 4.90 Å². The van der Waals surface area contributed by atoms with Crippen molar-refractivity contribution in [3.8, 4) is 0 Å². The van der Waals surface area contributed by atoms with Gasteiger partial charge in [0.2, 0.25) is 0 Å². The molecule has 1 aromatic rings. The highest BCUT2D eigenvalue weighted by Gasteiger charge is 2.14. The van der Waals surface area contributed by atoms with Crippen molar-refractivity contribution < 1.29 is 4.92 Å². The second-order valence-corrected chi connectivity index (χ2v) is 4.44. The maximum Gasteiger partial charge on any atom is 0.294 e. The van der Waals surface area contributed by atoms with Crippen molar-refractivity contribution >= 4 is 17.1 Å². The lowest BCUT2D eigenvalue weighted by molar-refractivity contribution is -0.383. The quantitative estimate of drug-likeness (QED) is 0.449. The van der Waals surface area contributed by atoms with Gasteiger partial charge in [0.25, 0.3) is 5.69 Å². The topological polar surface area (TPSA) is 84.4 Å². The normalized spacial score (nSPS) is 10.7. The predicted octanol–water partition coefficient (Wildman–Crippen LogP) is 2.24. The van der Waals surface area contributed by atoms with Crippen LogP contribution in [0.25, 0.3) is 0 Å². The molecule has 1 aromatic carbocycles. The monoisotopic (exact) mass is 266 g/mol. The third-order valence-corrected chi connectivity index (χ3v) is 3.21. The second kappa shape index (κ2) is 6.94. The smallest absolute Gasteiger partial charge is 0.294 e. The summed E-state index contributed by atoms with van der Waals surface area (Å²) in [6.45, 7) is 9.78. The third kappa shape index (κ3) is 4.10. The molecular formula is C13H22N4O2. The fourth-order valence-electron chi connectivity index (χ4n) is 1.96. The second-order valence-electron chi connectivity index (χ2n) is 4.44. The number of nitro groups is 1. The minimum absolute atomic E-state index is 0.0454. The molecule has 0 heterocycles. The minimum Gasteiger partial charge on any atom is -0.393 e. The van der Waals surface area contributed by atoms with Gasteiger partial charge in [0.1, 0.15) is 5.69 Å². The molecule has 0 unspecified atom stereocenters. The Kier molecular flexibility index (Phi) is 5.57. The Hall–Kier alpha value is -1.82. The molecule has 1 rings (SSSR count). The van der Waals surface area contributed by atoms with E-state index in [0.717, 1.165) is 37.4 Å². The predicted molar refractivity (Wildman–Crippen MR) is 78.5 cm³/mol. The van der Waals surface area contributed by atoms with E-state index in [0.29, 0.717) is 0 Å². The van der Waals surface area contributed by atoms with Crippen LogP contribution in [0, 0.1) is 17.0 Å². The van der Waals surface area contributed by atoms with Crippen molar-refractivity contribution in [2.75, 3.05) is 37.2 Å². The zero-order valence-electron chi connectivity index (χ0n) is 11.8. The maximum absolute atomic E-state index is 10.8. The Labute approximate surface area is 113 Å². The highest BCUT2D eigenvalue weighted by Crippen LogP contribution is 2.28. The van der Waals surface area contributed by atoms with Gasteiger partial charge in [-0.2, -0.15) is 0 Å². The number of anilines is 2. The first kappa shape index (κ1) is 15.2. The van der Waals surface area contributed by atoms with Crippen LogP contribution >= 0.6 is 0 Å². The number of nitrogen functional groups attached to an aromatic ring is 1. The first-order valence-electron chi connectivity index (χ1n) is 6.50. The Morgan fingerprint density at radius 3 is 2.53 bits per heavy atom. The van der Waals surface area contributed by atoms with E-state index in [1.807, 2.05) is 6.92 Å². The fourth-order valence-corrected chi connectivity index (χ4v) is 1.96. The van der Waals surface area contributed by atoms with E-state index in [1.54, 1.807) is 6.07 Å². The molecule has 106 valence electrons. The van der Waals surface area contributed by atoms with E-state index in [1.165, 1.54) is 6.07 Å². The standard InChI is InChI=1S/C13H22N4O2/c1-4-16(5-2)7-6-15-12-9-13(17(18)19)11(14)8-10(12)3/h8-9,15H,4-7,14H2,1-3H3. The molecule has 0 atom stereocenters. The van der Waals surface area contributed by atoms with Crippen LogP contribution in [0.4, 0.5) is 17.1 Å². The van der Waals surface area contributed by atoms with Gasteiger partial charge in [-0.25, -0.2) is 0 Å². The summed E-state index contributed by atoms with van der Waals surface area (Å²) < 4.78 is 0. The first-order chi connectivity index (χ1) is 8.99. The van der Waals surface area contributed by atoms with Gasteiger partial charge in [-0.1, -0.05) is 13.8 Å². The van der Waals surface area contributed by atoms with Crippen LogP contribution in [0.3, 0.4) is 0 Å². The molecule has 0 saturated carbocycles. The van der Waals surface area contributed by atoms with Crippen molar-refractivity contribution in [2.45, 2.75) is 20.8 Å². The molecule has 0 aliphatic carbocycles. The van der Waals surface area contributed by atoms with Crippen LogP contribution in [-0.4, -0.2) is 36.0 Å². The number of nitrogens with one attached hydrogen (secondary N) is 1.